The molecule has 0 saturated heterocycles. The van der Waals surface area contributed by atoms with Crippen molar-refractivity contribution < 1.29 is 14.7 Å². The van der Waals surface area contributed by atoms with Gasteiger partial charge in [-0.25, -0.2) is 0 Å². The number of hydrogen-bond donors (Lipinski definition) is 3. The first-order chi connectivity index (χ1) is 14.4. The molecule has 3 aromatic rings. The van der Waals surface area contributed by atoms with Crippen LogP contribution in [0.25, 0.3) is 11.1 Å². The fraction of sp³-hybridized carbons (Fsp3) is 0.200. The second-order valence-corrected chi connectivity index (χ2v) is 7.49. The van der Waals surface area contributed by atoms with Gasteiger partial charge in [0.15, 0.2) is 0 Å². The van der Waals surface area contributed by atoms with Crippen LogP contribution in [0.1, 0.15) is 28.4 Å². The number of carboxylic acid groups (broad SMARTS) is 1. The van der Waals surface area contributed by atoms with Gasteiger partial charge < -0.3 is 16.2 Å². The minimum Gasteiger partial charge on any atom is -0.480 e. The van der Waals surface area contributed by atoms with E-state index in [-0.39, 0.29) is 18.4 Å². The number of carbonyl (C=O) groups is 2. The van der Waals surface area contributed by atoms with Crippen molar-refractivity contribution in [2.75, 3.05) is 0 Å². The lowest BCUT2D eigenvalue weighted by Crippen LogP contribution is -2.34. The van der Waals surface area contributed by atoms with Crippen LogP contribution in [0.5, 0.6) is 0 Å². The maximum absolute atomic E-state index is 12.5. The lowest BCUT2D eigenvalue weighted by molar-refractivity contribution is -0.138. The van der Waals surface area contributed by atoms with Crippen LogP contribution in [0, 0.1) is 0 Å². The molecule has 3 aromatic carbocycles. The van der Waals surface area contributed by atoms with Crippen LogP contribution in [-0.4, -0.2) is 29.1 Å². The zero-order valence-electron chi connectivity index (χ0n) is 16.9. The van der Waals surface area contributed by atoms with Gasteiger partial charge in [0, 0.05) is 11.6 Å². The molecule has 0 aliphatic carbocycles. The van der Waals surface area contributed by atoms with E-state index in [9.17, 15) is 9.59 Å². The summed E-state index contributed by atoms with van der Waals surface area (Å²) in [5, 5.41) is 11.9. The molecule has 0 bridgehead atoms. The molecule has 5 heteroatoms. The lowest BCUT2D eigenvalue weighted by Gasteiger charge is -2.15. The van der Waals surface area contributed by atoms with Gasteiger partial charge in [-0.05, 0) is 54.2 Å². The maximum atomic E-state index is 12.5. The Morgan fingerprint density at radius 1 is 0.833 bits per heavy atom. The van der Waals surface area contributed by atoms with Gasteiger partial charge in [0.1, 0.15) is 6.04 Å². The van der Waals surface area contributed by atoms with E-state index in [0.717, 1.165) is 17.5 Å². The highest BCUT2D eigenvalue weighted by Gasteiger charge is 2.14. The molecule has 0 aliphatic heterocycles. The van der Waals surface area contributed by atoms with Crippen molar-refractivity contribution in [3.05, 3.63) is 95.6 Å². The van der Waals surface area contributed by atoms with Gasteiger partial charge in [-0.3, -0.25) is 9.59 Å². The van der Waals surface area contributed by atoms with Crippen molar-refractivity contribution >= 4 is 11.9 Å². The number of amides is 1. The zero-order valence-corrected chi connectivity index (χ0v) is 16.9. The molecule has 1 unspecified atom stereocenters. The van der Waals surface area contributed by atoms with Gasteiger partial charge in [0.05, 0.1) is 0 Å². The summed E-state index contributed by atoms with van der Waals surface area (Å²) in [7, 11) is 0. The fourth-order valence-corrected chi connectivity index (χ4v) is 3.31. The van der Waals surface area contributed by atoms with E-state index in [1.165, 1.54) is 11.1 Å². The Bertz CT molecular complexity index is 983. The average Bonchev–Trinajstić information content (AvgIpc) is 2.75. The topological polar surface area (TPSA) is 92.4 Å². The highest BCUT2D eigenvalue weighted by atomic mass is 16.4. The third-order valence-electron chi connectivity index (χ3n) is 4.97. The van der Waals surface area contributed by atoms with Crippen LogP contribution < -0.4 is 11.1 Å². The predicted octanol–water partition coefficient (Wildman–Crippen LogP) is 3.67. The standard InChI is InChI=1S/C25H26N2O3/c1-17(15-18-7-11-21(12-8-18)20-5-3-2-4-6-20)27-24(28)22-13-9-19(10-14-22)16-23(26)25(29)30/h2-14,17,23H,15-16,26H2,1H3,(H,27,28)(H,29,30)/t17-,23?/m0/s1. The Hall–Kier alpha value is -3.44. The summed E-state index contributed by atoms with van der Waals surface area (Å²) in [5.74, 6) is -1.19. The quantitative estimate of drug-likeness (QED) is 0.536. The smallest absolute Gasteiger partial charge is 0.320 e. The summed E-state index contributed by atoms with van der Waals surface area (Å²) < 4.78 is 0. The zero-order chi connectivity index (χ0) is 21.5. The summed E-state index contributed by atoms with van der Waals surface area (Å²) in [6, 6.07) is 24.5. The van der Waals surface area contributed by atoms with Gasteiger partial charge in [-0.1, -0.05) is 66.7 Å². The Morgan fingerprint density at radius 3 is 1.97 bits per heavy atom. The van der Waals surface area contributed by atoms with Crippen LogP contribution in [0.2, 0.25) is 0 Å². The minimum absolute atomic E-state index is 0.0276. The number of aliphatic carboxylic acids is 1. The molecule has 154 valence electrons. The monoisotopic (exact) mass is 402 g/mol. The van der Waals surface area contributed by atoms with Crippen LogP contribution in [-0.2, 0) is 17.6 Å². The second kappa shape index (κ2) is 9.85. The summed E-state index contributed by atoms with van der Waals surface area (Å²) >= 11 is 0. The van der Waals surface area contributed by atoms with E-state index in [2.05, 4.69) is 41.7 Å². The fourth-order valence-electron chi connectivity index (χ4n) is 3.31. The molecule has 0 radical (unpaired) electrons. The molecule has 1 amide bonds. The summed E-state index contributed by atoms with van der Waals surface area (Å²) in [4.78, 5) is 23.3. The third-order valence-corrected chi connectivity index (χ3v) is 4.97. The van der Waals surface area contributed by atoms with Gasteiger partial charge >= 0.3 is 5.97 Å². The summed E-state index contributed by atoms with van der Waals surface area (Å²) in [5.41, 5.74) is 10.4. The van der Waals surface area contributed by atoms with Crippen LogP contribution in [0.3, 0.4) is 0 Å². The molecule has 0 heterocycles. The molecular weight excluding hydrogens is 376 g/mol. The summed E-state index contributed by atoms with van der Waals surface area (Å²) in [6.45, 7) is 1.98. The highest BCUT2D eigenvalue weighted by molar-refractivity contribution is 5.94. The number of carbonyl (C=O) groups excluding carboxylic acids is 1. The number of carboxylic acids is 1. The van der Waals surface area contributed by atoms with E-state index in [0.29, 0.717) is 5.56 Å². The van der Waals surface area contributed by atoms with E-state index in [1.54, 1.807) is 24.3 Å². The Balaban J connectivity index is 1.55. The number of hydrogen-bond acceptors (Lipinski definition) is 3. The number of nitrogens with one attached hydrogen (secondary N) is 1. The maximum Gasteiger partial charge on any atom is 0.320 e. The van der Waals surface area contributed by atoms with E-state index >= 15 is 0 Å². The highest BCUT2D eigenvalue weighted by Crippen LogP contribution is 2.19. The molecule has 5 nitrogen and oxygen atoms in total. The Kier molecular flexibility index (Phi) is 6.99. The largest absolute Gasteiger partial charge is 0.480 e. The van der Waals surface area contributed by atoms with Gasteiger partial charge in [0.25, 0.3) is 5.91 Å². The average molecular weight is 402 g/mol. The molecule has 0 aromatic heterocycles. The second-order valence-electron chi connectivity index (χ2n) is 7.49. The molecule has 3 rings (SSSR count). The number of nitrogens with two attached hydrogens (primary N) is 1. The Morgan fingerprint density at radius 2 is 1.37 bits per heavy atom. The van der Waals surface area contributed by atoms with Crippen molar-refractivity contribution in [2.45, 2.75) is 31.8 Å². The van der Waals surface area contributed by atoms with E-state index in [1.807, 2.05) is 25.1 Å². The molecule has 0 spiro atoms. The third kappa shape index (κ3) is 5.78. The lowest BCUT2D eigenvalue weighted by atomic mass is 10.0. The summed E-state index contributed by atoms with van der Waals surface area (Å²) in [6.07, 6.45) is 0.957. The van der Waals surface area contributed by atoms with Crippen LogP contribution in [0.15, 0.2) is 78.9 Å². The van der Waals surface area contributed by atoms with E-state index < -0.39 is 12.0 Å². The number of benzene rings is 3. The Labute approximate surface area is 176 Å². The van der Waals surface area contributed by atoms with Gasteiger partial charge in [-0.2, -0.15) is 0 Å². The van der Waals surface area contributed by atoms with E-state index in [4.69, 9.17) is 10.8 Å². The van der Waals surface area contributed by atoms with Crippen molar-refractivity contribution in [1.29, 1.82) is 0 Å². The molecule has 0 saturated carbocycles. The first-order valence-corrected chi connectivity index (χ1v) is 9.95. The molecular formula is C25H26N2O3. The molecule has 4 N–H and O–H groups in total. The first-order valence-electron chi connectivity index (χ1n) is 9.95. The minimum atomic E-state index is -1.04. The molecule has 0 aliphatic rings. The van der Waals surface area contributed by atoms with Gasteiger partial charge in [0.2, 0.25) is 0 Å². The van der Waals surface area contributed by atoms with Crippen molar-refractivity contribution in [2.24, 2.45) is 5.73 Å². The van der Waals surface area contributed by atoms with Crippen molar-refractivity contribution in [1.82, 2.24) is 5.32 Å². The van der Waals surface area contributed by atoms with Crippen molar-refractivity contribution in [3.8, 4) is 11.1 Å². The van der Waals surface area contributed by atoms with Gasteiger partial charge in [-0.15, -0.1) is 0 Å². The van der Waals surface area contributed by atoms with Crippen LogP contribution in [0.4, 0.5) is 0 Å². The number of rotatable bonds is 8. The SMILES string of the molecule is C[C@@H](Cc1ccc(-c2ccccc2)cc1)NC(=O)c1ccc(CC(N)C(=O)O)cc1. The van der Waals surface area contributed by atoms with Crippen LogP contribution >= 0.6 is 0 Å². The normalized spacial score (nSPS) is 12.7. The molecule has 2 atom stereocenters. The molecule has 0 fully saturated rings. The molecule has 30 heavy (non-hydrogen) atoms. The first kappa shape index (κ1) is 21.3. The van der Waals surface area contributed by atoms with Crippen molar-refractivity contribution in [3.63, 3.8) is 0 Å². The predicted molar refractivity (Wildman–Crippen MR) is 118 cm³/mol.